The molecule has 1 atom stereocenters. The van der Waals surface area contributed by atoms with Gasteiger partial charge in [0, 0.05) is 25.0 Å². The van der Waals surface area contributed by atoms with Gasteiger partial charge in [-0.05, 0) is 31.5 Å². The molecule has 0 saturated carbocycles. The summed E-state index contributed by atoms with van der Waals surface area (Å²) >= 11 is 5.94. The number of anilines is 1. The molecular formula is C13H15ClN4O2. The number of hydrogen-bond donors (Lipinski definition) is 1. The van der Waals surface area contributed by atoms with Gasteiger partial charge in [0.25, 0.3) is 5.69 Å². The summed E-state index contributed by atoms with van der Waals surface area (Å²) in [6.07, 6.45) is 1.73. The summed E-state index contributed by atoms with van der Waals surface area (Å²) in [5, 5.41) is 18.4. The molecule has 6 nitrogen and oxygen atoms in total. The number of rotatable bonds is 4. The molecule has 0 aliphatic heterocycles. The summed E-state index contributed by atoms with van der Waals surface area (Å²) in [5.41, 5.74) is 2.48. The zero-order chi connectivity index (χ0) is 14.9. The molecule has 0 aliphatic carbocycles. The van der Waals surface area contributed by atoms with Crippen molar-refractivity contribution in [3.05, 3.63) is 50.8 Å². The highest BCUT2D eigenvalue weighted by Crippen LogP contribution is 2.32. The first kappa shape index (κ1) is 14.3. The number of hydrogen-bond acceptors (Lipinski definition) is 4. The fourth-order valence-electron chi connectivity index (χ4n) is 2.08. The Labute approximate surface area is 121 Å². The van der Waals surface area contributed by atoms with E-state index in [0.717, 1.165) is 16.9 Å². The van der Waals surface area contributed by atoms with Crippen molar-refractivity contribution in [2.24, 2.45) is 7.05 Å². The van der Waals surface area contributed by atoms with Crippen LogP contribution >= 0.6 is 11.6 Å². The van der Waals surface area contributed by atoms with Crippen molar-refractivity contribution in [3.8, 4) is 0 Å². The molecule has 0 amide bonds. The third-order valence-corrected chi connectivity index (χ3v) is 3.47. The Hall–Kier alpha value is -2.08. The number of nitro groups is 1. The maximum absolute atomic E-state index is 10.8. The Morgan fingerprint density at radius 3 is 2.75 bits per heavy atom. The second-order valence-corrected chi connectivity index (χ2v) is 5.03. The first-order valence-electron chi connectivity index (χ1n) is 6.09. The molecule has 1 aromatic carbocycles. The van der Waals surface area contributed by atoms with E-state index in [9.17, 15) is 10.1 Å². The van der Waals surface area contributed by atoms with E-state index >= 15 is 0 Å². The van der Waals surface area contributed by atoms with Gasteiger partial charge in [0.05, 0.1) is 16.7 Å². The predicted molar refractivity (Wildman–Crippen MR) is 78.1 cm³/mol. The summed E-state index contributed by atoms with van der Waals surface area (Å²) in [6, 6.07) is 4.99. The van der Waals surface area contributed by atoms with Crippen LogP contribution in [0.15, 0.2) is 24.4 Å². The van der Waals surface area contributed by atoms with E-state index in [1.807, 2.05) is 27.0 Å². The standard InChI is InChI=1S/C13H15ClN4O2/c1-8-6-13(18(19)20)10(14)7-11(8)16-9(2)12-4-5-15-17(12)3/h4-7,9,16H,1-3H3. The number of nitrogens with zero attached hydrogens (tertiary/aromatic N) is 3. The third-order valence-electron chi connectivity index (χ3n) is 3.17. The molecule has 0 saturated heterocycles. The highest BCUT2D eigenvalue weighted by atomic mass is 35.5. The Bertz CT molecular complexity index is 654. The molecule has 1 unspecified atom stereocenters. The van der Waals surface area contributed by atoms with Crippen LogP contribution in [0.5, 0.6) is 0 Å². The molecule has 0 spiro atoms. The maximum atomic E-state index is 10.8. The van der Waals surface area contributed by atoms with Crippen molar-refractivity contribution in [1.29, 1.82) is 0 Å². The second kappa shape index (κ2) is 5.50. The number of halogens is 1. The van der Waals surface area contributed by atoms with Gasteiger partial charge in [-0.25, -0.2) is 0 Å². The molecule has 0 aliphatic rings. The molecule has 0 fully saturated rings. The smallest absolute Gasteiger partial charge is 0.288 e. The number of nitro benzene ring substituents is 1. The normalized spacial score (nSPS) is 12.2. The lowest BCUT2D eigenvalue weighted by atomic mass is 10.1. The lowest BCUT2D eigenvalue weighted by molar-refractivity contribution is -0.384. The van der Waals surface area contributed by atoms with Crippen LogP contribution in [-0.2, 0) is 7.05 Å². The zero-order valence-electron chi connectivity index (χ0n) is 11.4. The van der Waals surface area contributed by atoms with E-state index in [0.29, 0.717) is 0 Å². The van der Waals surface area contributed by atoms with Gasteiger partial charge in [0.1, 0.15) is 5.02 Å². The Balaban J connectivity index is 2.28. The van der Waals surface area contributed by atoms with Gasteiger partial charge < -0.3 is 5.32 Å². The molecule has 1 heterocycles. The average molecular weight is 295 g/mol. The van der Waals surface area contributed by atoms with E-state index in [-0.39, 0.29) is 16.8 Å². The van der Waals surface area contributed by atoms with Crippen molar-refractivity contribution in [2.45, 2.75) is 19.9 Å². The number of nitrogens with one attached hydrogen (secondary N) is 1. The van der Waals surface area contributed by atoms with E-state index < -0.39 is 4.92 Å². The van der Waals surface area contributed by atoms with Crippen LogP contribution in [0.25, 0.3) is 0 Å². The van der Waals surface area contributed by atoms with Crippen LogP contribution in [-0.4, -0.2) is 14.7 Å². The van der Waals surface area contributed by atoms with E-state index in [4.69, 9.17) is 11.6 Å². The second-order valence-electron chi connectivity index (χ2n) is 4.62. The Kier molecular flexibility index (Phi) is 3.94. The minimum Gasteiger partial charge on any atom is -0.377 e. The van der Waals surface area contributed by atoms with Crippen LogP contribution in [0, 0.1) is 17.0 Å². The minimum absolute atomic E-state index is 0.0127. The largest absolute Gasteiger partial charge is 0.377 e. The summed E-state index contributed by atoms with van der Waals surface area (Å²) in [4.78, 5) is 10.3. The van der Waals surface area contributed by atoms with Crippen LogP contribution in [0.1, 0.15) is 24.2 Å². The van der Waals surface area contributed by atoms with Gasteiger partial charge in [-0.1, -0.05) is 11.6 Å². The van der Waals surface area contributed by atoms with E-state index in [1.54, 1.807) is 16.9 Å². The van der Waals surface area contributed by atoms with Gasteiger partial charge in [0.15, 0.2) is 0 Å². The quantitative estimate of drug-likeness (QED) is 0.692. The third kappa shape index (κ3) is 2.75. The monoisotopic (exact) mass is 294 g/mol. The molecule has 20 heavy (non-hydrogen) atoms. The lowest BCUT2D eigenvalue weighted by Crippen LogP contribution is -2.12. The molecule has 7 heteroatoms. The summed E-state index contributed by atoms with van der Waals surface area (Å²) in [7, 11) is 1.86. The fourth-order valence-corrected chi connectivity index (χ4v) is 2.31. The molecule has 2 rings (SSSR count). The highest BCUT2D eigenvalue weighted by molar-refractivity contribution is 6.33. The van der Waals surface area contributed by atoms with Crippen LogP contribution < -0.4 is 5.32 Å². The summed E-state index contributed by atoms with van der Waals surface area (Å²) in [5.74, 6) is 0. The molecule has 2 aromatic rings. The van der Waals surface area contributed by atoms with Crippen molar-refractivity contribution >= 4 is 23.0 Å². The SMILES string of the molecule is Cc1cc([N+](=O)[O-])c(Cl)cc1NC(C)c1ccnn1C. The van der Waals surface area contributed by atoms with Crippen LogP contribution in [0.4, 0.5) is 11.4 Å². The number of aromatic nitrogens is 2. The minimum atomic E-state index is -0.482. The van der Waals surface area contributed by atoms with Gasteiger partial charge >= 0.3 is 0 Å². The molecule has 1 aromatic heterocycles. The average Bonchev–Trinajstić information content (AvgIpc) is 2.79. The van der Waals surface area contributed by atoms with Crippen molar-refractivity contribution < 1.29 is 4.92 Å². The zero-order valence-corrected chi connectivity index (χ0v) is 12.2. The van der Waals surface area contributed by atoms with E-state index in [2.05, 4.69) is 10.4 Å². The first-order chi connectivity index (χ1) is 9.40. The van der Waals surface area contributed by atoms with Crippen molar-refractivity contribution in [1.82, 2.24) is 9.78 Å². The number of benzene rings is 1. The van der Waals surface area contributed by atoms with Gasteiger partial charge in [-0.15, -0.1) is 0 Å². The summed E-state index contributed by atoms with van der Waals surface area (Å²) in [6.45, 7) is 3.80. The van der Waals surface area contributed by atoms with E-state index in [1.165, 1.54) is 6.07 Å². The topological polar surface area (TPSA) is 73.0 Å². The van der Waals surface area contributed by atoms with Gasteiger partial charge in [-0.3, -0.25) is 14.8 Å². The van der Waals surface area contributed by atoms with Crippen LogP contribution in [0.3, 0.4) is 0 Å². The Morgan fingerprint density at radius 1 is 1.50 bits per heavy atom. The molecule has 106 valence electrons. The molecule has 0 radical (unpaired) electrons. The summed E-state index contributed by atoms with van der Waals surface area (Å²) < 4.78 is 1.78. The van der Waals surface area contributed by atoms with Crippen molar-refractivity contribution in [3.63, 3.8) is 0 Å². The Morgan fingerprint density at radius 2 is 2.20 bits per heavy atom. The van der Waals surface area contributed by atoms with Gasteiger partial charge in [0.2, 0.25) is 0 Å². The molecule has 0 bridgehead atoms. The maximum Gasteiger partial charge on any atom is 0.288 e. The lowest BCUT2D eigenvalue weighted by Gasteiger charge is -2.17. The molecular weight excluding hydrogens is 280 g/mol. The fraction of sp³-hybridized carbons (Fsp3) is 0.308. The number of aryl methyl sites for hydroxylation is 2. The van der Waals surface area contributed by atoms with Gasteiger partial charge in [-0.2, -0.15) is 5.10 Å². The first-order valence-corrected chi connectivity index (χ1v) is 6.47. The van der Waals surface area contributed by atoms with Crippen LogP contribution in [0.2, 0.25) is 5.02 Å². The molecule has 1 N–H and O–H groups in total. The predicted octanol–water partition coefficient (Wildman–Crippen LogP) is 3.46. The highest BCUT2D eigenvalue weighted by Gasteiger charge is 2.17. The van der Waals surface area contributed by atoms with Crippen molar-refractivity contribution in [2.75, 3.05) is 5.32 Å².